The Morgan fingerprint density at radius 2 is 2.06 bits per heavy atom. The third-order valence-electron chi connectivity index (χ3n) is 2.85. The molecule has 3 nitrogen and oxygen atoms in total. The number of benzene rings is 1. The summed E-state index contributed by atoms with van der Waals surface area (Å²) in [6.45, 7) is 5.75. The predicted octanol–water partition coefficient (Wildman–Crippen LogP) is 2.27. The molecular weight excluding hydrogens is 236 g/mol. The molecule has 1 aromatic carbocycles. The van der Waals surface area contributed by atoms with Gasteiger partial charge in [-0.15, -0.1) is 0 Å². The van der Waals surface area contributed by atoms with E-state index in [0.717, 1.165) is 41.5 Å². The lowest BCUT2D eigenvalue weighted by atomic mass is 10.0. The van der Waals surface area contributed by atoms with E-state index in [-0.39, 0.29) is 0 Å². The lowest BCUT2D eigenvalue weighted by Gasteiger charge is -2.15. The molecule has 0 amide bonds. The molecule has 0 saturated carbocycles. The number of nitrogens with one attached hydrogen (secondary N) is 2. The van der Waals surface area contributed by atoms with Crippen LogP contribution in [0.25, 0.3) is 0 Å². The first kappa shape index (κ1) is 14.3. The molecule has 0 spiro atoms. The minimum absolute atomic E-state index is 0.807. The van der Waals surface area contributed by atoms with Gasteiger partial charge >= 0.3 is 0 Å². The molecular formula is C13H21ClN2O. The van der Waals surface area contributed by atoms with E-state index in [1.807, 2.05) is 27.0 Å². The lowest BCUT2D eigenvalue weighted by Crippen LogP contribution is -2.27. The minimum atomic E-state index is 0.807. The molecule has 1 rings (SSSR count). The zero-order chi connectivity index (χ0) is 12.8. The molecule has 0 aromatic heterocycles. The van der Waals surface area contributed by atoms with Crippen molar-refractivity contribution in [3.63, 3.8) is 0 Å². The molecule has 17 heavy (non-hydrogen) atoms. The van der Waals surface area contributed by atoms with Crippen LogP contribution in [0.4, 0.5) is 0 Å². The van der Waals surface area contributed by atoms with E-state index < -0.39 is 0 Å². The third-order valence-corrected chi connectivity index (χ3v) is 3.43. The highest BCUT2D eigenvalue weighted by Crippen LogP contribution is 2.31. The van der Waals surface area contributed by atoms with E-state index >= 15 is 0 Å². The van der Waals surface area contributed by atoms with Crippen molar-refractivity contribution < 1.29 is 4.74 Å². The van der Waals surface area contributed by atoms with Gasteiger partial charge in [0, 0.05) is 18.2 Å². The van der Waals surface area contributed by atoms with Gasteiger partial charge in [0.15, 0.2) is 0 Å². The predicted molar refractivity (Wildman–Crippen MR) is 73.1 cm³/mol. The molecule has 0 aliphatic rings. The maximum absolute atomic E-state index is 6.26. The quantitative estimate of drug-likeness (QED) is 0.605. The van der Waals surface area contributed by atoms with Gasteiger partial charge in [0.05, 0.1) is 7.11 Å². The molecule has 0 aliphatic carbocycles. The summed E-state index contributed by atoms with van der Waals surface area (Å²) in [4.78, 5) is 0. The second-order valence-corrected chi connectivity index (χ2v) is 4.47. The van der Waals surface area contributed by atoms with Gasteiger partial charge in [-0.2, -0.15) is 0 Å². The molecule has 0 bridgehead atoms. The molecule has 96 valence electrons. The second-order valence-electron chi connectivity index (χ2n) is 4.09. The van der Waals surface area contributed by atoms with E-state index in [1.165, 1.54) is 5.56 Å². The van der Waals surface area contributed by atoms with E-state index in [0.29, 0.717) is 0 Å². The van der Waals surface area contributed by atoms with Crippen molar-refractivity contribution in [2.75, 3.05) is 27.4 Å². The first-order chi connectivity index (χ1) is 8.11. The van der Waals surface area contributed by atoms with Crippen molar-refractivity contribution in [2.24, 2.45) is 0 Å². The maximum atomic E-state index is 6.26. The highest BCUT2D eigenvalue weighted by Gasteiger charge is 2.11. The van der Waals surface area contributed by atoms with Crippen LogP contribution in [-0.2, 0) is 6.42 Å². The number of rotatable bonds is 6. The summed E-state index contributed by atoms with van der Waals surface area (Å²) < 4.78 is 5.42. The topological polar surface area (TPSA) is 33.3 Å². The Morgan fingerprint density at radius 3 is 2.65 bits per heavy atom. The van der Waals surface area contributed by atoms with Crippen LogP contribution in [-0.4, -0.2) is 27.4 Å². The molecule has 2 N–H and O–H groups in total. The first-order valence-electron chi connectivity index (χ1n) is 5.79. The molecule has 4 heteroatoms. The van der Waals surface area contributed by atoms with Crippen LogP contribution in [0.3, 0.4) is 0 Å². The Labute approximate surface area is 109 Å². The molecule has 0 saturated heterocycles. The van der Waals surface area contributed by atoms with E-state index in [4.69, 9.17) is 16.3 Å². The fraction of sp³-hybridized carbons (Fsp3) is 0.538. The zero-order valence-electron chi connectivity index (χ0n) is 11.0. The van der Waals surface area contributed by atoms with Crippen LogP contribution < -0.4 is 15.4 Å². The number of hydrogen-bond acceptors (Lipinski definition) is 3. The Balaban J connectivity index is 2.85. The molecule has 0 atom stereocenters. The van der Waals surface area contributed by atoms with Gasteiger partial charge in [0.25, 0.3) is 0 Å². The summed E-state index contributed by atoms with van der Waals surface area (Å²) in [6.07, 6.45) is 0.913. The van der Waals surface area contributed by atoms with E-state index in [9.17, 15) is 0 Å². The molecule has 0 heterocycles. The van der Waals surface area contributed by atoms with Crippen LogP contribution in [0.1, 0.15) is 16.7 Å². The lowest BCUT2D eigenvalue weighted by molar-refractivity contribution is 0.408. The highest BCUT2D eigenvalue weighted by atomic mass is 35.5. The zero-order valence-corrected chi connectivity index (χ0v) is 11.7. The molecule has 1 aromatic rings. The van der Waals surface area contributed by atoms with E-state index in [1.54, 1.807) is 7.11 Å². The Kier molecular flexibility index (Phi) is 5.75. The van der Waals surface area contributed by atoms with Crippen molar-refractivity contribution in [3.8, 4) is 5.75 Å². The number of halogens is 1. The van der Waals surface area contributed by atoms with Gasteiger partial charge in [-0.25, -0.2) is 0 Å². The number of aryl methyl sites for hydroxylation is 1. The summed E-state index contributed by atoms with van der Waals surface area (Å²) in [5.41, 5.74) is 3.37. The Hall–Kier alpha value is -0.770. The summed E-state index contributed by atoms with van der Waals surface area (Å²) >= 11 is 6.26. The van der Waals surface area contributed by atoms with Crippen molar-refractivity contribution in [1.82, 2.24) is 10.6 Å². The summed E-state index contributed by atoms with van der Waals surface area (Å²) in [7, 11) is 3.62. The fourth-order valence-electron chi connectivity index (χ4n) is 1.88. The maximum Gasteiger partial charge on any atom is 0.122 e. The van der Waals surface area contributed by atoms with Crippen molar-refractivity contribution >= 4 is 11.6 Å². The van der Waals surface area contributed by atoms with Gasteiger partial charge in [-0.1, -0.05) is 11.6 Å². The number of ether oxygens (including phenoxy) is 1. The fourth-order valence-corrected chi connectivity index (χ4v) is 2.05. The van der Waals surface area contributed by atoms with Gasteiger partial charge in [0.2, 0.25) is 0 Å². The molecule has 0 radical (unpaired) electrons. The van der Waals surface area contributed by atoms with Crippen LogP contribution >= 0.6 is 11.6 Å². The first-order valence-corrected chi connectivity index (χ1v) is 6.17. The molecule has 0 fully saturated rings. The monoisotopic (exact) mass is 256 g/mol. The standard InChI is InChI=1S/C13H21ClN2O/c1-9-7-12(17-4)11(10(2)13(9)14)5-6-16-8-15-3/h7,15-16H,5-6,8H2,1-4H3. The van der Waals surface area contributed by atoms with Crippen molar-refractivity contribution in [1.29, 1.82) is 0 Å². The van der Waals surface area contributed by atoms with Gasteiger partial charge < -0.3 is 15.4 Å². The Bertz CT molecular complexity index is 380. The largest absolute Gasteiger partial charge is 0.496 e. The molecule has 0 aliphatic heterocycles. The highest BCUT2D eigenvalue weighted by molar-refractivity contribution is 6.32. The van der Waals surface area contributed by atoms with Crippen molar-refractivity contribution in [2.45, 2.75) is 20.3 Å². The van der Waals surface area contributed by atoms with Gasteiger partial charge in [-0.3, -0.25) is 0 Å². The Morgan fingerprint density at radius 1 is 1.35 bits per heavy atom. The van der Waals surface area contributed by atoms with Crippen LogP contribution in [0, 0.1) is 13.8 Å². The summed E-state index contributed by atoms with van der Waals surface area (Å²) in [5.74, 6) is 0.927. The second kappa shape index (κ2) is 6.84. The third kappa shape index (κ3) is 3.60. The summed E-state index contributed by atoms with van der Waals surface area (Å²) in [5, 5.41) is 7.18. The molecule has 0 unspecified atom stereocenters. The number of methoxy groups -OCH3 is 1. The van der Waals surface area contributed by atoms with Gasteiger partial charge in [-0.05, 0) is 50.1 Å². The average molecular weight is 257 g/mol. The van der Waals surface area contributed by atoms with E-state index in [2.05, 4.69) is 10.6 Å². The summed E-state index contributed by atoms with van der Waals surface area (Å²) in [6, 6.07) is 2.00. The van der Waals surface area contributed by atoms with Crippen LogP contribution in [0.15, 0.2) is 6.07 Å². The normalized spacial score (nSPS) is 10.6. The minimum Gasteiger partial charge on any atom is -0.496 e. The number of hydrogen-bond donors (Lipinski definition) is 2. The van der Waals surface area contributed by atoms with Gasteiger partial charge in [0.1, 0.15) is 5.75 Å². The SMILES string of the molecule is CNCNCCc1c(OC)cc(C)c(Cl)c1C. The average Bonchev–Trinajstić information content (AvgIpc) is 2.33. The van der Waals surface area contributed by atoms with Crippen LogP contribution in [0.5, 0.6) is 5.75 Å². The van der Waals surface area contributed by atoms with Crippen molar-refractivity contribution in [3.05, 3.63) is 27.8 Å². The van der Waals surface area contributed by atoms with Crippen LogP contribution in [0.2, 0.25) is 5.02 Å². The smallest absolute Gasteiger partial charge is 0.122 e.